The molecule has 1 N–H and O–H groups in total. The number of nitrogens with one attached hydrogen (secondary N) is 1. The van der Waals surface area contributed by atoms with Gasteiger partial charge in [-0.25, -0.2) is 8.78 Å². The van der Waals surface area contributed by atoms with E-state index in [2.05, 4.69) is 5.32 Å². The second-order valence-electron chi connectivity index (χ2n) is 4.68. The number of hydrogen-bond acceptors (Lipinski definition) is 2. The highest BCUT2D eigenvalue weighted by Gasteiger charge is 2.14. The maximum Gasteiger partial charge on any atom is 0.168 e. The first-order valence-corrected chi connectivity index (χ1v) is 6.42. The van der Waals surface area contributed by atoms with Crippen LogP contribution in [0.25, 0.3) is 0 Å². The zero-order chi connectivity index (χ0) is 14.7. The number of rotatable bonds is 4. The van der Waals surface area contributed by atoms with E-state index in [0.29, 0.717) is 16.9 Å². The number of benzene rings is 2. The number of ether oxygens (including phenoxy) is 1. The Labute approximate surface area is 117 Å². The van der Waals surface area contributed by atoms with Crippen molar-refractivity contribution >= 4 is 0 Å². The summed E-state index contributed by atoms with van der Waals surface area (Å²) in [4.78, 5) is 0. The molecule has 20 heavy (non-hydrogen) atoms. The van der Waals surface area contributed by atoms with Crippen LogP contribution in [0.4, 0.5) is 8.78 Å². The average Bonchev–Trinajstić information content (AvgIpc) is 2.44. The van der Waals surface area contributed by atoms with E-state index in [1.807, 2.05) is 6.92 Å². The summed E-state index contributed by atoms with van der Waals surface area (Å²) in [7, 11) is 1.77. The molecule has 0 heterocycles. The minimum Gasteiger partial charge on any atom is -0.454 e. The van der Waals surface area contributed by atoms with Crippen LogP contribution in [0.2, 0.25) is 0 Å². The van der Waals surface area contributed by atoms with E-state index >= 15 is 0 Å². The van der Waals surface area contributed by atoms with Gasteiger partial charge in [-0.1, -0.05) is 12.1 Å². The maximum atomic E-state index is 14.0. The van der Waals surface area contributed by atoms with Gasteiger partial charge >= 0.3 is 0 Å². The van der Waals surface area contributed by atoms with E-state index in [1.54, 1.807) is 32.2 Å². The first-order chi connectivity index (χ1) is 9.52. The topological polar surface area (TPSA) is 21.3 Å². The molecular formula is C16H17F2NO. The van der Waals surface area contributed by atoms with Crippen molar-refractivity contribution in [3.63, 3.8) is 0 Å². The van der Waals surface area contributed by atoms with Gasteiger partial charge in [-0.2, -0.15) is 0 Å². The monoisotopic (exact) mass is 277 g/mol. The fourth-order valence-electron chi connectivity index (χ4n) is 1.92. The second-order valence-corrected chi connectivity index (χ2v) is 4.68. The lowest BCUT2D eigenvalue weighted by Gasteiger charge is -2.17. The van der Waals surface area contributed by atoms with Gasteiger partial charge in [0.1, 0.15) is 11.6 Å². The predicted octanol–water partition coefficient (Wildman–Crippen LogP) is 4.35. The van der Waals surface area contributed by atoms with Crippen molar-refractivity contribution in [3.05, 3.63) is 59.2 Å². The van der Waals surface area contributed by atoms with Crippen molar-refractivity contribution in [1.82, 2.24) is 5.32 Å². The van der Waals surface area contributed by atoms with Gasteiger partial charge < -0.3 is 10.1 Å². The molecular weight excluding hydrogens is 260 g/mol. The number of hydrogen-bond donors (Lipinski definition) is 1. The smallest absolute Gasteiger partial charge is 0.168 e. The van der Waals surface area contributed by atoms with Crippen LogP contribution < -0.4 is 10.1 Å². The molecule has 0 saturated carbocycles. The molecule has 2 aromatic rings. The Hall–Kier alpha value is -1.94. The van der Waals surface area contributed by atoms with Crippen molar-refractivity contribution < 1.29 is 13.5 Å². The normalized spacial score (nSPS) is 12.2. The largest absolute Gasteiger partial charge is 0.454 e. The van der Waals surface area contributed by atoms with Crippen molar-refractivity contribution in [2.24, 2.45) is 0 Å². The molecule has 0 radical (unpaired) electrons. The van der Waals surface area contributed by atoms with E-state index in [-0.39, 0.29) is 17.6 Å². The molecule has 2 rings (SSSR count). The highest BCUT2D eigenvalue weighted by atomic mass is 19.1. The summed E-state index contributed by atoms with van der Waals surface area (Å²) in [5.74, 6) is -0.169. The quantitative estimate of drug-likeness (QED) is 0.897. The molecule has 0 amide bonds. The molecule has 0 aliphatic heterocycles. The Balaban J connectivity index is 2.40. The third-order valence-corrected chi connectivity index (χ3v) is 3.25. The lowest BCUT2D eigenvalue weighted by atomic mass is 10.1. The fourth-order valence-corrected chi connectivity index (χ4v) is 1.92. The maximum absolute atomic E-state index is 14.0. The molecule has 0 aliphatic carbocycles. The third-order valence-electron chi connectivity index (χ3n) is 3.25. The molecule has 1 atom stereocenters. The van der Waals surface area contributed by atoms with Crippen molar-refractivity contribution in [2.75, 3.05) is 7.05 Å². The first kappa shape index (κ1) is 14.5. The molecule has 2 nitrogen and oxygen atoms in total. The predicted molar refractivity (Wildman–Crippen MR) is 75.1 cm³/mol. The van der Waals surface area contributed by atoms with Gasteiger partial charge in [-0.15, -0.1) is 0 Å². The molecule has 0 bridgehead atoms. The van der Waals surface area contributed by atoms with Gasteiger partial charge in [0, 0.05) is 11.6 Å². The molecule has 0 saturated heterocycles. The molecule has 0 aliphatic rings. The SMILES string of the molecule is CNC(C)c1cc(F)ccc1Oc1cccc(C)c1F. The van der Waals surface area contributed by atoms with Crippen molar-refractivity contribution in [3.8, 4) is 11.5 Å². The van der Waals surface area contributed by atoms with Crippen LogP contribution in [0.1, 0.15) is 24.1 Å². The molecule has 106 valence electrons. The van der Waals surface area contributed by atoms with Gasteiger partial charge in [-0.05, 0) is 50.7 Å². The van der Waals surface area contributed by atoms with Crippen molar-refractivity contribution in [1.29, 1.82) is 0 Å². The fraction of sp³-hybridized carbons (Fsp3) is 0.250. The minimum absolute atomic E-state index is 0.103. The Kier molecular flexibility index (Phi) is 4.35. The summed E-state index contributed by atoms with van der Waals surface area (Å²) < 4.78 is 33.0. The average molecular weight is 277 g/mol. The van der Waals surface area contributed by atoms with E-state index < -0.39 is 5.82 Å². The molecule has 4 heteroatoms. The molecule has 2 aromatic carbocycles. The van der Waals surface area contributed by atoms with E-state index in [0.717, 1.165) is 0 Å². The van der Waals surface area contributed by atoms with Crippen LogP contribution in [-0.2, 0) is 0 Å². The van der Waals surface area contributed by atoms with E-state index in [9.17, 15) is 8.78 Å². The van der Waals surface area contributed by atoms with Crippen LogP contribution in [0.15, 0.2) is 36.4 Å². The zero-order valence-corrected chi connectivity index (χ0v) is 11.7. The highest BCUT2D eigenvalue weighted by molar-refractivity contribution is 5.41. The van der Waals surface area contributed by atoms with Crippen LogP contribution in [0.3, 0.4) is 0 Å². The van der Waals surface area contributed by atoms with E-state index in [4.69, 9.17) is 4.74 Å². The lowest BCUT2D eigenvalue weighted by molar-refractivity contribution is 0.428. The van der Waals surface area contributed by atoms with Gasteiger partial charge in [0.15, 0.2) is 11.6 Å². The highest BCUT2D eigenvalue weighted by Crippen LogP contribution is 2.32. The summed E-state index contributed by atoms with van der Waals surface area (Å²) in [6.45, 7) is 3.55. The molecule has 1 unspecified atom stereocenters. The summed E-state index contributed by atoms with van der Waals surface area (Å²) in [6.07, 6.45) is 0. The van der Waals surface area contributed by atoms with Crippen LogP contribution in [0.5, 0.6) is 11.5 Å². The number of aryl methyl sites for hydroxylation is 1. The van der Waals surface area contributed by atoms with Gasteiger partial charge in [-0.3, -0.25) is 0 Å². The Morgan fingerprint density at radius 3 is 2.55 bits per heavy atom. The second kappa shape index (κ2) is 6.01. The Bertz CT molecular complexity index is 613. The van der Waals surface area contributed by atoms with E-state index in [1.165, 1.54) is 18.2 Å². The minimum atomic E-state index is -0.403. The van der Waals surface area contributed by atoms with Crippen LogP contribution in [-0.4, -0.2) is 7.05 Å². The molecule has 0 spiro atoms. The first-order valence-electron chi connectivity index (χ1n) is 6.42. The summed E-state index contributed by atoms with van der Waals surface area (Å²) in [5, 5.41) is 3.02. The van der Waals surface area contributed by atoms with Gasteiger partial charge in [0.05, 0.1) is 0 Å². The van der Waals surface area contributed by atoms with Crippen LogP contribution in [0, 0.1) is 18.6 Å². The third kappa shape index (κ3) is 2.96. The molecule has 0 fully saturated rings. The zero-order valence-electron chi connectivity index (χ0n) is 11.7. The summed E-state index contributed by atoms with van der Waals surface area (Å²) in [5.41, 5.74) is 1.15. The summed E-state index contributed by atoms with van der Waals surface area (Å²) >= 11 is 0. The number of halogens is 2. The van der Waals surface area contributed by atoms with Gasteiger partial charge in [0.2, 0.25) is 0 Å². The van der Waals surface area contributed by atoms with Gasteiger partial charge in [0.25, 0.3) is 0 Å². The van der Waals surface area contributed by atoms with Crippen molar-refractivity contribution in [2.45, 2.75) is 19.9 Å². The standard InChI is InChI=1S/C16H17F2NO/c1-10-5-4-6-15(16(10)18)20-14-8-7-12(17)9-13(14)11(2)19-3/h4-9,11,19H,1-3H3. The summed E-state index contributed by atoms with van der Waals surface area (Å²) in [6, 6.07) is 9.05. The lowest BCUT2D eigenvalue weighted by Crippen LogP contribution is -2.13. The van der Waals surface area contributed by atoms with Crippen LogP contribution >= 0.6 is 0 Å². The Morgan fingerprint density at radius 2 is 1.85 bits per heavy atom. The molecule has 0 aromatic heterocycles. The Morgan fingerprint density at radius 1 is 1.10 bits per heavy atom.